The molecule has 0 aliphatic heterocycles. The van der Waals surface area contributed by atoms with Gasteiger partial charge in [-0.2, -0.15) is 0 Å². The molecule has 8 nitrogen and oxygen atoms in total. The number of carbonyl (C=O) groups excluding carboxylic acids is 1. The molecular formula is C26H32N4O4S. The summed E-state index contributed by atoms with van der Waals surface area (Å²) in [5, 5.41) is 2.83. The summed E-state index contributed by atoms with van der Waals surface area (Å²) in [6.45, 7) is 7.12. The van der Waals surface area contributed by atoms with Gasteiger partial charge in [-0.05, 0) is 75.2 Å². The van der Waals surface area contributed by atoms with Crippen LogP contribution in [0.5, 0.6) is 0 Å². The molecule has 0 aliphatic rings. The second-order valence-corrected chi connectivity index (χ2v) is 11.1. The average Bonchev–Trinajstić information content (AvgIpc) is 2.75. The Balaban J connectivity index is 2.12. The van der Waals surface area contributed by atoms with Crippen molar-refractivity contribution in [1.29, 1.82) is 0 Å². The number of alkyl carbamates (subject to hydrolysis) is 1. The molecule has 35 heavy (non-hydrogen) atoms. The van der Waals surface area contributed by atoms with E-state index in [9.17, 15) is 13.2 Å². The van der Waals surface area contributed by atoms with Gasteiger partial charge in [-0.15, -0.1) is 0 Å². The Morgan fingerprint density at radius 1 is 0.857 bits per heavy atom. The number of rotatable bonds is 7. The molecular weight excluding hydrogens is 464 g/mol. The van der Waals surface area contributed by atoms with Gasteiger partial charge in [-0.25, -0.2) is 17.9 Å². The van der Waals surface area contributed by atoms with Crippen molar-refractivity contribution >= 4 is 27.5 Å². The number of anilines is 2. The Morgan fingerprint density at radius 3 is 1.86 bits per heavy atom. The minimum absolute atomic E-state index is 0.0978. The van der Waals surface area contributed by atoms with Crippen molar-refractivity contribution in [2.75, 3.05) is 11.5 Å². The fourth-order valence-corrected chi connectivity index (χ4v) is 4.82. The number of nitrogens with two attached hydrogens (primary N) is 2. The first kappa shape index (κ1) is 26.1. The maximum atomic E-state index is 13.4. The van der Waals surface area contributed by atoms with E-state index in [1.165, 1.54) is 12.1 Å². The van der Waals surface area contributed by atoms with E-state index < -0.39 is 33.8 Å². The van der Waals surface area contributed by atoms with Crippen molar-refractivity contribution in [3.63, 3.8) is 0 Å². The first-order valence-electron chi connectivity index (χ1n) is 11.1. The van der Waals surface area contributed by atoms with E-state index in [2.05, 4.69) is 10.0 Å². The molecule has 0 saturated heterocycles. The van der Waals surface area contributed by atoms with Crippen molar-refractivity contribution in [2.45, 2.75) is 50.3 Å². The molecule has 2 unspecified atom stereocenters. The third-order valence-corrected chi connectivity index (χ3v) is 6.62. The largest absolute Gasteiger partial charge is 0.444 e. The predicted molar refractivity (Wildman–Crippen MR) is 138 cm³/mol. The molecule has 0 fully saturated rings. The molecule has 2 atom stereocenters. The van der Waals surface area contributed by atoms with Gasteiger partial charge >= 0.3 is 6.09 Å². The Kier molecular flexibility index (Phi) is 7.72. The van der Waals surface area contributed by atoms with Crippen molar-refractivity contribution in [3.8, 4) is 0 Å². The summed E-state index contributed by atoms with van der Waals surface area (Å²) in [5.41, 5.74) is 14.3. The zero-order valence-electron chi connectivity index (χ0n) is 20.3. The van der Waals surface area contributed by atoms with Gasteiger partial charge in [0.15, 0.2) is 0 Å². The van der Waals surface area contributed by atoms with Crippen molar-refractivity contribution in [1.82, 2.24) is 10.0 Å². The van der Waals surface area contributed by atoms with E-state index in [-0.39, 0.29) is 4.90 Å². The molecule has 0 radical (unpaired) electrons. The molecule has 0 aliphatic carbocycles. The van der Waals surface area contributed by atoms with E-state index in [1.54, 1.807) is 81.4 Å². The molecule has 3 aromatic carbocycles. The van der Waals surface area contributed by atoms with E-state index in [0.717, 1.165) is 5.56 Å². The molecule has 0 aromatic heterocycles. The van der Waals surface area contributed by atoms with Gasteiger partial charge in [0.2, 0.25) is 10.0 Å². The smallest absolute Gasteiger partial charge is 0.408 e. The molecule has 0 heterocycles. The molecule has 3 aromatic rings. The number of carbonyl (C=O) groups is 1. The molecule has 0 bridgehead atoms. The quantitative estimate of drug-likeness (QED) is 0.357. The Bertz CT molecular complexity index is 1290. The highest BCUT2D eigenvalue weighted by Gasteiger charge is 2.32. The minimum Gasteiger partial charge on any atom is -0.444 e. The highest BCUT2D eigenvalue weighted by Crippen LogP contribution is 2.33. The number of benzene rings is 3. The number of nitrogen functional groups attached to an aromatic ring is 2. The van der Waals surface area contributed by atoms with Crippen LogP contribution in [0, 0.1) is 6.92 Å². The standard InChI is InChI=1S/C26H32N4O4S/c1-17-11-13-22(14-12-17)35(32,33)30-24(19-8-6-10-21(28)16-19)23(18-7-5-9-20(27)15-18)29-25(31)34-26(2,3)4/h5-16,23-24,30H,27-28H2,1-4H3,(H,29,31). The van der Waals surface area contributed by atoms with Gasteiger partial charge in [0, 0.05) is 11.4 Å². The summed E-state index contributed by atoms with van der Waals surface area (Å²) >= 11 is 0. The third-order valence-electron chi connectivity index (χ3n) is 5.16. The van der Waals surface area contributed by atoms with Crippen molar-refractivity contribution in [3.05, 3.63) is 89.5 Å². The van der Waals surface area contributed by atoms with Crippen LogP contribution in [0.1, 0.15) is 49.5 Å². The Morgan fingerprint density at radius 2 is 1.37 bits per heavy atom. The lowest BCUT2D eigenvalue weighted by atomic mass is 9.93. The third kappa shape index (κ3) is 7.21. The van der Waals surface area contributed by atoms with Crippen LogP contribution in [0.2, 0.25) is 0 Å². The molecule has 6 N–H and O–H groups in total. The number of hydrogen-bond acceptors (Lipinski definition) is 6. The Hall–Kier alpha value is -3.56. The zero-order chi connectivity index (χ0) is 25.8. The van der Waals surface area contributed by atoms with Gasteiger partial charge < -0.3 is 21.5 Å². The second kappa shape index (κ2) is 10.4. The monoisotopic (exact) mass is 496 g/mol. The fraction of sp³-hybridized carbons (Fsp3) is 0.269. The van der Waals surface area contributed by atoms with Crippen LogP contribution in [-0.2, 0) is 14.8 Å². The highest BCUT2D eigenvalue weighted by molar-refractivity contribution is 7.89. The number of hydrogen-bond donors (Lipinski definition) is 4. The topological polar surface area (TPSA) is 137 Å². The van der Waals surface area contributed by atoms with Gasteiger partial charge in [0.1, 0.15) is 5.60 Å². The van der Waals surface area contributed by atoms with Crippen LogP contribution in [0.15, 0.2) is 77.7 Å². The summed E-state index contributed by atoms with van der Waals surface area (Å²) in [7, 11) is -3.99. The number of sulfonamides is 1. The second-order valence-electron chi connectivity index (χ2n) is 9.38. The van der Waals surface area contributed by atoms with Crippen molar-refractivity contribution in [2.24, 2.45) is 0 Å². The van der Waals surface area contributed by atoms with Crippen LogP contribution in [0.4, 0.5) is 16.2 Å². The maximum absolute atomic E-state index is 13.4. The summed E-state index contributed by atoms with van der Waals surface area (Å²) < 4.78 is 35.1. The van der Waals surface area contributed by atoms with Gasteiger partial charge in [0.05, 0.1) is 17.0 Å². The van der Waals surface area contributed by atoms with E-state index in [4.69, 9.17) is 16.2 Å². The van der Waals surface area contributed by atoms with Crippen LogP contribution in [0.3, 0.4) is 0 Å². The normalized spacial score (nSPS) is 13.6. The molecule has 1 amide bonds. The highest BCUT2D eigenvalue weighted by atomic mass is 32.2. The number of nitrogens with one attached hydrogen (secondary N) is 2. The van der Waals surface area contributed by atoms with Gasteiger partial charge in [-0.3, -0.25) is 0 Å². The number of amides is 1. The van der Waals surface area contributed by atoms with Crippen LogP contribution < -0.4 is 21.5 Å². The first-order valence-corrected chi connectivity index (χ1v) is 12.6. The SMILES string of the molecule is Cc1ccc(S(=O)(=O)NC(c2cccc(N)c2)C(NC(=O)OC(C)(C)C)c2cccc(N)c2)cc1. The maximum Gasteiger partial charge on any atom is 0.408 e. The summed E-state index contributed by atoms with van der Waals surface area (Å²) in [6.07, 6.45) is -0.701. The lowest BCUT2D eigenvalue weighted by Crippen LogP contribution is -2.42. The summed E-state index contributed by atoms with van der Waals surface area (Å²) in [4.78, 5) is 12.9. The number of ether oxygens (including phenoxy) is 1. The minimum atomic E-state index is -3.99. The summed E-state index contributed by atoms with van der Waals surface area (Å²) in [5.74, 6) is 0. The molecule has 0 spiro atoms. The molecule has 3 rings (SSSR count). The molecule has 0 saturated carbocycles. The van der Waals surface area contributed by atoms with E-state index >= 15 is 0 Å². The lowest BCUT2D eigenvalue weighted by molar-refractivity contribution is 0.0493. The Labute approximate surface area is 206 Å². The van der Waals surface area contributed by atoms with Gasteiger partial charge in [0.25, 0.3) is 0 Å². The van der Waals surface area contributed by atoms with Crippen LogP contribution in [0.25, 0.3) is 0 Å². The van der Waals surface area contributed by atoms with Gasteiger partial charge in [-0.1, -0.05) is 42.0 Å². The average molecular weight is 497 g/mol. The zero-order valence-corrected chi connectivity index (χ0v) is 21.1. The molecule has 186 valence electrons. The van der Waals surface area contributed by atoms with Crippen LogP contribution >= 0.6 is 0 Å². The van der Waals surface area contributed by atoms with E-state index in [0.29, 0.717) is 22.5 Å². The predicted octanol–water partition coefficient (Wildman–Crippen LogP) is 4.45. The van der Waals surface area contributed by atoms with Crippen LogP contribution in [-0.4, -0.2) is 20.1 Å². The van der Waals surface area contributed by atoms with E-state index in [1.807, 2.05) is 6.92 Å². The summed E-state index contributed by atoms with van der Waals surface area (Å²) in [6, 6.07) is 18.4. The number of aryl methyl sites for hydroxylation is 1. The van der Waals surface area contributed by atoms with Crippen molar-refractivity contribution < 1.29 is 17.9 Å². The fourth-order valence-electron chi connectivity index (χ4n) is 3.58. The molecule has 9 heteroatoms. The first-order chi connectivity index (χ1) is 16.3. The lowest BCUT2D eigenvalue weighted by Gasteiger charge is -2.31.